The average molecular weight is 272 g/mol. The van der Waals surface area contributed by atoms with E-state index in [0.717, 1.165) is 35.8 Å². The van der Waals surface area contributed by atoms with Crippen LogP contribution in [0.5, 0.6) is 11.5 Å². The number of ether oxygens (including phenoxy) is 2. The molecule has 2 aliphatic rings. The van der Waals surface area contributed by atoms with Gasteiger partial charge in [-0.15, -0.1) is 0 Å². The number of benzene rings is 1. The predicted molar refractivity (Wildman–Crippen MR) is 71.7 cm³/mol. The normalized spacial score (nSPS) is 18.4. The minimum atomic E-state index is 0.276. The van der Waals surface area contributed by atoms with E-state index >= 15 is 0 Å². The molecule has 0 bridgehead atoms. The fourth-order valence-electron chi connectivity index (χ4n) is 2.90. The summed E-state index contributed by atoms with van der Waals surface area (Å²) >= 11 is 0. The van der Waals surface area contributed by atoms with Crippen LogP contribution in [0.1, 0.15) is 43.9 Å². The van der Waals surface area contributed by atoms with Crippen LogP contribution in [-0.4, -0.2) is 16.9 Å². The van der Waals surface area contributed by atoms with Crippen LogP contribution < -0.4 is 9.47 Å². The van der Waals surface area contributed by atoms with E-state index in [-0.39, 0.29) is 6.79 Å². The van der Waals surface area contributed by atoms with Crippen molar-refractivity contribution in [3.63, 3.8) is 0 Å². The zero-order valence-electron chi connectivity index (χ0n) is 11.2. The number of aromatic nitrogens is 2. The molecule has 4 rings (SSSR count). The second-order valence-electron chi connectivity index (χ2n) is 5.36. The number of hydrogen-bond acceptors (Lipinski definition) is 5. The van der Waals surface area contributed by atoms with Crippen LogP contribution in [0.4, 0.5) is 0 Å². The Bertz CT molecular complexity index is 617. The van der Waals surface area contributed by atoms with Crippen molar-refractivity contribution in [3.05, 3.63) is 24.1 Å². The van der Waals surface area contributed by atoms with Gasteiger partial charge in [0.2, 0.25) is 18.5 Å². The molecule has 2 aromatic rings. The minimum absolute atomic E-state index is 0.276. The van der Waals surface area contributed by atoms with Crippen LogP contribution in [0.3, 0.4) is 0 Å². The quantitative estimate of drug-likeness (QED) is 0.837. The van der Waals surface area contributed by atoms with Crippen LogP contribution in [0, 0.1) is 0 Å². The molecule has 1 aromatic heterocycles. The average Bonchev–Trinajstić information content (AvgIpc) is 3.16. The first-order chi connectivity index (χ1) is 9.90. The number of hydrogen-bond donors (Lipinski definition) is 0. The van der Waals surface area contributed by atoms with Crippen molar-refractivity contribution in [2.24, 2.45) is 0 Å². The molecule has 5 heteroatoms. The van der Waals surface area contributed by atoms with E-state index in [1.54, 1.807) is 0 Å². The number of nitrogens with zero attached hydrogens (tertiary/aromatic N) is 2. The molecule has 0 spiro atoms. The molecular formula is C15H16N2O3. The van der Waals surface area contributed by atoms with Gasteiger partial charge in [-0.1, -0.05) is 24.4 Å². The van der Waals surface area contributed by atoms with E-state index < -0.39 is 0 Å². The Morgan fingerprint density at radius 3 is 2.75 bits per heavy atom. The van der Waals surface area contributed by atoms with E-state index in [9.17, 15) is 0 Å². The van der Waals surface area contributed by atoms with Gasteiger partial charge in [-0.25, -0.2) is 0 Å². The summed E-state index contributed by atoms with van der Waals surface area (Å²) in [5, 5.41) is 4.10. The Balaban J connectivity index is 1.61. The highest BCUT2D eigenvalue weighted by atomic mass is 16.7. The second-order valence-corrected chi connectivity index (χ2v) is 5.36. The van der Waals surface area contributed by atoms with Gasteiger partial charge in [0.05, 0.1) is 0 Å². The molecule has 0 radical (unpaired) electrons. The van der Waals surface area contributed by atoms with Gasteiger partial charge < -0.3 is 14.0 Å². The summed E-state index contributed by atoms with van der Waals surface area (Å²) in [5.74, 6) is 3.34. The molecule has 0 saturated heterocycles. The maximum absolute atomic E-state index is 5.44. The smallest absolute Gasteiger partial charge is 0.231 e. The van der Waals surface area contributed by atoms with Gasteiger partial charge in [-0.3, -0.25) is 0 Å². The summed E-state index contributed by atoms with van der Waals surface area (Å²) < 4.78 is 16.1. The summed E-state index contributed by atoms with van der Waals surface area (Å²) in [4.78, 5) is 4.56. The van der Waals surface area contributed by atoms with Crippen molar-refractivity contribution in [1.29, 1.82) is 0 Å². The first kappa shape index (κ1) is 11.8. The minimum Gasteiger partial charge on any atom is -0.454 e. The summed E-state index contributed by atoms with van der Waals surface area (Å²) in [6, 6.07) is 5.72. The third-order valence-electron chi connectivity index (χ3n) is 4.03. The van der Waals surface area contributed by atoms with E-state index in [2.05, 4.69) is 10.1 Å². The van der Waals surface area contributed by atoms with Gasteiger partial charge in [0.15, 0.2) is 11.5 Å². The van der Waals surface area contributed by atoms with E-state index in [1.165, 1.54) is 19.3 Å². The van der Waals surface area contributed by atoms with Crippen LogP contribution in [0.2, 0.25) is 0 Å². The maximum Gasteiger partial charge on any atom is 0.231 e. The topological polar surface area (TPSA) is 57.4 Å². The lowest BCUT2D eigenvalue weighted by atomic mass is 9.89. The van der Waals surface area contributed by atoms with Crippen molar-refractivity contribution >= 4 is 0 Å². The maximum atomic E-state index is 5.44. The van der Waals surface area contributed by atoms with Gasteiger partial charge >= 0.3 is 0 Å². The molecule has 104 valence electrons. The monoisotopic (exact) mass is 272 g/mol. The van der Waals surface area contributed by atoms with Gasteiger partial charge in [0.1, 0.15) is 0 Å². The van der Waals surface area contributed by atoms with Gasteiger partial charge in [-0.2, -0.15) is 4.98 Å². The Kier molecular flexibility index (Phi) is 2.83. The van der Waals surface area contributed by atoms with Crippen molar-refractivity contribution < 1.29 is 14.0 Å². The summed E-state index contributed by atoms with van der Waals surface area (Å²) in [5.41, 5.74) is 0.903. The highest BCUT2D eigenvalue weighted by molar-refractivity contribution is 5.61. The SMILES string of the molecule is c1cc2c(cc1-c1noc(C3CCCCC3)n1)OCO2. The van der Waals surface area contributed by atoms with Crippen LogP contribution >= 0.6 is 0 Å². The lowest BCUT2D eigenvalue weighted by Crippen LogP contribution is -2.04. The molecule has 1 aromatic carbocycles. The zero-order chi connectivity index (χ0) is 13.4. The molecule has 0 N–H and O–H groups in total. The first-order valence-corrected chi connectivity index (χ1v) is 7.14. The van der Waals surface area contributed by atoms with Crippen molar-refractivity contribution in [2.75, 3.05) is 6.79 Å². The van der Waals surface area contributed by atoms with E-state index in [1.807, 2.05) is 18.2 Å². The molecule has 1 aliphatic carbocycles. The summed E-state index contributed by atoms with van der Waals surface area (Å²) in [6.07, 6.45) is 6.14. The molecule has 5 nitrogen and oxygen atoms in total. The Labute approximate surface area is 116 Å². The Morgan fingerprint density at radius 1 is 1.00 bits per heavy atom. The summed E-state index contributed by atoms with van der Waals surface area (Å²) in [7, 11) is 0. The number of fused-ring (bicyclic) bond motifs is 1. The van der Waals surface area contributed by atoms with Gasteiger partial charge in [0, 0.05) is 11.5 Å². The van der Waals surface area contributed by atoms with Crippen LogP contribution in [0.15, 0.2) is 22.7 Å². The molecule has 1 saturated carbocycles. The van der Waals surface area contributed by atoms with Crippen LogP contribution in [-0.2, 0) is 0 Å². The van der Waals surface area contributed by atoms with E-state index in [0.29, 0.717) is 11.7 Å². The standard InChI is InChI=1S/C15H16N2O3/c1-2-4-10(5-3-1)15-16-14(17-20-15)11-6-7-12-13(8-11)19-9-18-12/h6-8,10H,1-5,9H2. The van der Waals surface area contributed by atoms with Crippen molar-refractivity contribution in [2.45, 2.75) is 38.0 Å². The molecule has 0 amide bonds. The summed E-state index contributed by atoms with van der Waals surface area (Å²) in [6.45, 7) is 0.276. The molecule has 20 heavy (non-hydrogen) atoms. The molecular weight excluding hydrogens is 256 g/mol. The first-order valence-electron chi connectivity index (χ1n) is 7.14. The van der Waals surface area contributed by atoms with E-state index in [4.69, 9.17) is 14.0 Å². The largest absolute Gasteiger partial charge is 0.454 e. The van der Waals surface area contributed by atoms with Crippen LogP contribution in [0.25, 0.3) is 11.4 Å². The molecule has 0 unspecified atom stereocenters. The van der Waals surface area contributed by atoms with Gasteiger partial charge in [0.25, 0.3) is 0 Å². The van der Waals surface area contributed by atoms with Crippen molar-refractivity contribution in [3.8, 4) is 22.9 Å². The highest BCUT2D eigenvalue weighted by Crippen LogP contribution is 2.36. The molecule has 1 aliphatic heterocycles. The lowest BCUT2D eigenvalue weighted by Gasteiger charge is -2.17. The lowest BCUT2D eigenvalue weighted by molar-refractivity contribution is 0.174. The zero-order valence-corrected chi connectivity index (χ0v) is 11.2. The molecule has 1 fully saturated rings. The number of rotatable bonds is 2. The van der Waals surface area contributed by atoms with Crippen molar-refractivity contribution in [1.82, 2.24) is 10.1 Å². The molecule has 0 atom stereocenters. The Morgan fingerprint density at radius 2 is 1.85 bits per heavy atom. The van der Waals surface area contributed by atoms with Gasteiger partial charge in [-0.05, 0) is 31.0 Å². The predicted octanol–water partition coefficient (Wildman–Crippen LogP) is 3.51. The fraction of sp³-hybridized carbons (Fsp3) is 0.467. The third-order valence-corrected chi connectivity index (χ3v) is 4.03. The molecule has 2 heterocycles. The second kappa shape index (κ2) is 4.81. The third kappa shape index (κ3) is 2.03. The Hall–Kier alpha value is -2.04. The highest BCUT2D eigenvalue weighted by Gasteiger charge is 2.22. The fourth-order valence-corrected chi connectivity index (χ4v) is 2.90.